The quantitative estimate of drug-likeness (QED) is 0.253. The molecule has 0 aliphatic heterocycles. The minimum Gasteiger partial charge on any atom is -0.494 e. The number of imidazole rings is 1. The summed E-state index contributed by atoms with van der Waals surface area (Å²) in [5, 5.41) is 14.3. The molecule has 0 radical (unpaired) electrons. The van der Waals surface area contributed by atoms with Gasteiger partial charge in [-0.15, -0.1) is 5.10 Å². The Morgan fingerprint density at radius 2 is 1.76 bits per heavy atom. The SMILES string of the molecule is CCCCCc1cn(-c2c(F)cccc2OC)c(=O)n1Cc1ccc(-c2ccccc2-c2nnn[nH]2)cc1. The summed E-state index contributed by atoms with van der Waals surface area (Å²) in [5.74, 6) is 0.404. The van der Waals surface area contributed by atoms with Crippen molar-refractivity contribution in [3.63, 3.8) is 0 Å². The van der Waals surface area contributed by atoms with Crippen molar-refractivity contribution >= 4 is 0 Å². The molecular formula is C29H29FN6O2. The lowest BCUT2D eigenvalue weighted by atomic mass is 9.98. The summed E-state index contributed by atoms with van der Waals surface area (Å²) in [6.45, 7) is 2.51. The van der Waals surface area contributed by atoms with E-state index in [-0.39, 0.29) is 11.4 Å². The Bertz CT molecular complexity index is 1570. The van der Waals surface area contributed by atoms with Crippen LogP contribution in [0.1, 0.15) is 37.4 Å². The van der Waals surface area contributed by atoms with Gasteiger partial charge in [0.15, 0.2) is 11.6 Å². The van der Waals surface area contributed by atoms with Crippen LogP contribution < -0.4 is 10.4 Å². The Kier molecular flexibility index (Phi) is 7.44. The first-order valence-electron chi connectivity index (χ1n) is 12.7. The van der Waals surface area contributed by atoms with Crippen LogP contribution in [0.15, 0.2) is 77.7 Å². The Morgan fingerprint density at radius 1 is 0.974 bits per heavy atom. The van der Waals surface area contributed by atoms with Gasteiger partial charge in [-0.2, -0.15) is 0 Å². The molecule has 0 amide bonds. The third-order valence-electron chi connectivity index (χ3n) is 6.64. The predicted octanol–water partition coefficient (Wildman–Crippen LogP) is 5.41. The molecule has 5 rings (SSSR count). The molecule has 0 atom stereocenters. The van der Waals surface area contributed by atoms with Crippen molar-refractivity contribution in [2.45, 2.75) is 39.2 Å². The van der Waals surface area contributed by atoms with Crippen molar-refractivity contribution in [1.29, 1.82) is 0 Å². The number of aromatic nitrogens is 6. The van der Waals surface area contributed by atoms with E-state index < -0.39 is 5.82 Å². The number of nitrogens with one attached hydrogen (secondary N) is 1. The lowest BCUT2D eigenvalue weighted by Crippen LogP contribution is -2.25. The maximum absolute atomic E-state index is 14.9. The van der Waals surface area contributed by atoms with E-state index in [1.807, 2.05) is 48.5 Å². The van der Waals surface area contributed by atoms with Crippen LogP contribution in [0, 0.1) is 5.82 Å². The normalized spacial score (nSPS) is 11.1. The van der Waals surface area contributed by atoms with Crippen molar-refractivity contribution in [3.05, 3.63) is 100 Å². The number of H-pyrrole nitrogens is 1. The summed E-state index contributed by atoms with van der Waals surface area (Å²) < 4.78 is 23.3. The number of aromatic amines is 1. The molecule has 0 saturated carbocycles. The van der Waals surface area contributed by atoms with E-state index in [0.29, 0.717) is 18.1 Å². The van der Waals surface area contributed by atoms with E-state index in [0.717, 1.165) is 53.6 Å². The number of nitrogens with zero attached hydrogens (tertiary/aromatic N) is 5. The number of tetrazole rings is 1. The fraction of sp³-hybridized carbons (Fsp3) is 0.241. The number of benzene rings is 3. The zero-order valence-electron chi connectivity index (χ0n) is 21.4. The molecule has 9 heteroatoms. The van der Waals surface area contributed by atoms with Gasteiger partial charge >= 0.3 is 5.69 Å². The molecule has 2 heterocycles. The van der Waals surface area contributed by atoms with Crippen molar-refractivity contribution in [1.82, 2.24) is 29.8 Å². The summed E-state index contributed by atoms with van der Waals surface area (Å²) in [6.07, 6.45) is 5.54. The first-order chi connectivity index (χ1) is 18.6. The van der Waals surface area contributed by atoms with Gasteiger partial charge in [0.1, 0.15) is 11.4 Å². The second-order valence-electron chi connectivity index (χ2n) is 9.10. The van der Waals surface area contributed by atoms with Crippen molar-refractivity contribution in [2.75, 3.05) is 7.11 Å². The lowest BCUT2D eigenvalue weighted by Gasteiger charge is -2.10. The Balaban J connectivity index is 1.49. The maximum atomic E-state index is 14.9. The minimum absolute atomic E-state index is 0.129. The van der Waals surface area contributed by atoms with Crippen LogP contribution in [-0.4, -0.2) is 36.9 Å². The van der Waals surface area contributed by atoms with Crippen LogP contribution in [0.3, 0.4) is 0 Å². The fourth-order valence-corrected chi connectivity index (χ4v) is 4.69. The molecule has 0 unspecified atom stereocenters. The fourth-order valence-electron chi connectivity index (χ4n) is 4.69. The average Bonchev–Trinajstić information content (AvgIpc) is 3.58. The molecule has 0 aliphatic carbocycles. The van der Waals surface area contributed by atoms with Gasteiger partial charge in [-0.3, -0.25) is 9.13 Å². The van der Waals surface area contributed by atoms with Gasteiger partial charge in [-0.05, 0) is 52.1 Å². The molecular weight excluding hydrogens is 483 g/mol. The second kappa shape index (κ2) is 11.2. The third-order valence-corrected chi connectivity index (χ3v) is 6.64. The lowest BCUT2D eigenvalue weighted by molar-refractivity contribution is 0.408. The van der Waals surface area contributed by atoms with Gasteiger partial charge in [-0.25, -0.2) is 14.3 Å². The predicted molar refractivity (Wildman–Crippen MR) is 144 cm³/mol. The molecule has 0 bridgehead atoms. The van der Waals surface area contributed by atoms with Crippen molar-refractivity contribution in [2.24, 2.45) is 0 Å². The van der Waals surface area contributed by atoms with E-state index in [9.17, 15) is 9.18 Å². The topological polar surface area (TPSA) is 90.6 Å². The highest BCUT2D eigenvalue weighted by Gasteiger charge is 2.19. The minimum atomic E-state index is -0.506. The molecule has 8 nitrogen and oxygen atoms in total. The largest absolute Gasteiger partial charge is 0.494 e. The molecule has 0 fully saturated rings. The number of hydrogen-bond acceptors (Lipinski definition) is 5. The van der Waals surface area contributed by atoms with Gasteiger partial charge < -0.3 is 4.74 Å². The monoisotopic (exact) mass is 512 g/mol. The number of hydrogen-bond donors (Lipinski definition) is 1. The van der Waals surface area contributed by atoms with Crippen LogP contribution in [-0.2, 0) is 13.0 Å². The average molecular weight is 513 g/mol. The van der Waals surface area contributed by atoms with Crippen LogP contribution >= 0.6 is 0 Å². The number of halogens is 1. The zero-order valence-corrected chi connectivity index (χ0v) is 21.4. The molecule has 38 heavy (non-hydrogen) atoms. The Labute approximate surface area is 219 Å². The van der Waals surface area contributed by atoms with Gasteiger partial charge in [0.05, 0.1) is 13.7 Å². The van der Waals surface area contributed by atoms with Crippen LogP contribution in [0.5, 0.6) is 5.75 Å². The highest BCUT2D eigenvalue weighted by molar-refractivity contribution is 5.80. The number of methoxy groups -OCH3 is 1. The summed E-state index contributed by atoms with van der Waals surface area (Å²) in [7, 11) is 1.47. The molecule has 3 aromatic carbocycles. The van der Waals surface area contributed by atoms with Crippen LogP contribution in [0.2, 0.25) is 0 Å². The van der Waals surface area contributed by atoms with E-state index in [1.165, 1.54) is 17.7 Å². The van der Waals surface area contributed by atoms with E-state index in [4.69, 9.17) is 4.74 Å². The van der Waals surface area contributed by atoms with Gasteiger partial charge in [0.25, 0.3) is 0 Å². The molecule has 5 aromatic rings. The van der Waals surface area contributed by atoms with Gasteiger partial charge in [0.2, 0.25) is 0 Å². The number of aryl methyl sites for hydroxylation is 1. The van der Waals surface area contributed by atoms with Crippen LogP contribution in [0.4, 0.5) is 4.39 Å². The third kappa shape index (κ3) is 5.00. The summed E-state index contributed by atoms with van der Waals surface area (Å²) >= 11 is 0. The van der Waals surface area contributed by atoms with Gasteiger partial charge in [0, 0.05) is 17.5 Å². The molecule has 0 spiro atoms. The van der Waals surface area contributed by atoms with Crippen molar-refractivity contribution < 1.29 is 9.13 Å². The standard InChI is InChI=1S/C29H29FN6O2/c1-3-4-5-9-22-19-36(27-25(30)12-8-13-26(27)38-2)29(37)35(22)18-20-14-16-21(17-15-20)23-10-6-7-11-24(23)28-31-33-34-32-28/h6-8,10-17,19H,3-5,9,18H2,1-2H3,(H,31,32,33,34). The molecule has 1 N–H and O–H groups in total. The molecule has 194 valence electrons. The van der Waals surface area contributed by atoms with E-state index >= 15 is 0 Å². The summed E-state index contributed by atoms with van der Waals surface area (Å²) in [4.78, 5) is 13.6. The van der Waals surface area contributed by atoms with E-state index in [1.54, 1.807) is 22.9 Å². The number of rotatable bonds is 10. The number of unbranched alkanes of at least 4 members (excludes halogenated alkanes) is 2. The number of para-hydroxylation sites is 1. The zero-order chi connectivity index (χ0) is 26.5. The van der Waals surface area contributed by atoms with Gasteiger partial charge in [-0.1, -0.05) is 74.4 Å². The summed E-state index contributed by atoms with van der Waals surface area (Å²) in [5.41, 5.74) is 4.55. The first kappa shape index (κ1) is 25.1. The van der Waals surface area contributed by atoms with Crippen molar-refractivity contribution in [3.8, 4) is 34.0 Å². The highest BCUT2D eigenvalue weighted by atomic mass is 19.1. The maximum Gasteiger partial charge on any atom is 0.333 e. The second-order valence-corrected chi connectivity index (χ2v) is 9.10. The molecule has 0 aliphatic rings. The first-order valence-corrected chi connectivity index (χ1v) is 12.7. The molecule has 0 saturated heterocycles. The van der Waals surface area contributed by atoms with Crippen LogP contribution in [0.25, 0.3) is 28.2 Å². The smallest absolute Gasteiger partial charge is 0.333 e. The Hall–Kier alpha value is -4.53. The number of ether oxygens (including phenoxy) is 1. The molecule has 2 aromatic heterocycles. The van der Waals surface area contributed by atoms with E-state index in [2.05, 4.69) is 27.5 Å². The Morgan fingerprint density at radius 3 is 2.47 bits per heavy atom. The summed E-state index contributed by atoms with van der Waals surface area (Å²) in [6, 6.07) is 20.5. The highest BCUT2D eigenvalue weighted by Crippen LogP contribution is 2.30.